The van der Waals surface area contributed by atoms with Crippen LogP contribution in [0.4, 0.5) is 5.13 Å². The zero-order valence-corrected chi connectivity index (χ0v) is 18.7. The maximum Gasteiger partial charge on any atom is 0.260 e. The number of aromatic nitrogens is 1. The van der Waals surface area contributed by atoms with E-state index in [0.717, 1.165) is 28.3 Å². The molecule has 1 aromatic carbocycles. The summed E-state index contributed by atoms with van der Waals surface area (Å²) in [6.07, 6.45) is 4.28. The van der Waals surface area contributed by atoms with Crippen molar-refractivity contribution < 1.29 is 23.5 Å². The number of hydrogen-bond acceptors (Lipinski definition) is 7. The molecule has 0 saturated heterocycles. The van der Waals surface area contributed by atoms with E-state index in [1.165, 1.54) is 23.9 Å². The van der Waals surface area contributed by atoms with Gasteiger partial charge in [0.15, 0.2) is 23.2 Å². The Morgan fingerprint density at radius 2 is 2.19 bits per heavy atom. The first-order valence-corrected chi connectivity index (χ1v) is 11.2. The van der Waals surface area contributed by atoms with Crippen molar-refractivity contribution in [2.75, 3.05) is 18.5 Å². The molecule has 1 N–H and O–H groups in total. The van der Waals surface area contributed by atoms with Gasteiger partial charge in [-0.25, -0.2) is 4.98 Å². The summed E-state index contributed by atoms with van der Waals surface area (Å²) < 4.78 is 16.8. The normalized spacial score (nSPS) is 16.1. The largest absolute Gasteiger partial charge is 0.483 e. The van der Waals surface area contributed by atoms with Crippen LogP contribution in [0.15, 0.2) is 41.2 Å². The molecule has 2 aliphatic rings. The molecule has 0 bridgehead atoms. The molecule has 166 valence electrons. The van der Waals surface area contributed by atoms with Crippen molar-refractivity contribution in [2.24, 2.45) is 0 Å². The van der Waals surface area contributed by atoms with Crippen molar-refractivity contribution in [3.05, 3.63) is 58.5 Å². The molecule has 0 fully saturated rings. The standard InChI is InChI=1S/C23H23N3O5S/c1-23(2)10-14-4-3-5-17(20(14)31-23)30-13-19(27)26-8-6-16-18(11-26)32-22(24-16)25-21(28)15-7-9-29-12-15/h3-5,7,9,12H,6,8,10-11,13H2,1-2H3,(H,24,25,28). The molecular formula is C23H23N3O5S. The van der Waals surface area contributed by atoms with Gasteiger partial charge in [0.05, 0.1) is 24.1 Å². The van der Waals surface area contributed by atoms with Gasteiger partial charge in [-0.1, -0.05) is 23.5 Å². The third-order valence-electron chi connectivity index (χ3n) is 5.49. The molecular weight excluding hydrogens is 430 g/mol. The lowest BCUT2D eigenvalue weighted by Gasteiger charge is -2.26. The van der Waals surface area contributed by atoms with Crippen LogP contribution in [0, 0.1) is 0 Å². The molecule has 32 heavy (non-hydrogen) atoms. The Kier molecular flexibility index (Phi) is 5.13. The highest BCUT2D eigenvalue weighted by Gasteiger charge is 2.32. The number of fused-ring (bicyclic) bond motifs is 2. The molecule has 0 saturated carbocycles. The van der Waals surface area contributed by atoms with Crippen molar-refractivity contribution in [3.63, 3.8) is 0 Å². The van der Waals surface area contributed by atoms with Crippen LogP contribution in [0.1, 0.15) is 40.3 Å². The monoisotopic (exact) mass is 453 g/mol. The Bertz CT molecular complexity index is 1170. The van der Waals surface area contributed by atoms with Gasteiger partial charge in [-0.15, -0.1) is 0 Å². The van der Waals surface area contributed by atoms with E-state index in [1.807, 2.05) is 32.0 Å². The second kappa shape index (κ2) is 7.98. The van der Waals surface area contributed by atoms with Crippen LogP contribution >= 0.6 is 11.3 Å². The molecule has 2 aromatic heterocycles. The summed E-state index contributed by atoms with van der Waals surface area (Å²) in [5.41, 5.74) is 2.18. The lowest BCUT2D eigenvalue weighted by Crippen LogP contribution is -2.38. The fourth-order valence-electron chi connectivity index (χ4n) is 3.96. The number of amides is 2. The van der Waals surface area contributed by atoms with Crippen LogP contribution in [0.2, 0.25) is 0 Å². The van der Waals surface area contributed by atoms with E-state index in [0.29, 0.717) is 36.0 Å². The fraction of sp³-hybridized carbons (Fsp3) is 0.348. The SMILES string of the molecule is CC1(C)Cc2cccc(OCC(=O)N3CCc4nc(NC(=O)c5ccoc5)sc4C3)c2O1. The van der Waals surface area contributed by atoms with E-state index < -0.39 is 0 Å². The van der Waals surface area contributed by atoms with Gasteiger partial charge in [-0.2, -0.15) is 0 Å². The molecule has 0 spiro atoms. The first kappa shape index (κ1) is 20.6. The van der Waals surface area contributed by atoms with E-state index in [1.54, 1.807) is 11.0 Å². The Balaban J connectivity index is 1.20. The number of hydrogen-bond donors (Lipinski definition) is 1. The van der Waals surface area contributed by atoms with E-state index in [-0.39, 0.29) is 24.0 Å². The molecule has 9 heteroatoms. The number of para-hydroxylation sites is 1. The molecule has 2 amide bonds. The summed E-state index contributed by atoms with van der Waals surface area (Å²) in [5, 5.41) is 3.31. The summed E-state index contributed by atoms with van der Waals surface area (Å²) >= 11 is 1.38. The van der Waals surface area contributed by atoms with Crippen molar-refractivity contribution >= 4 is 28.3 Å². The van der Waals surface area contributed by atoms with Gasteiger partial charge >= 0.3 is 0 Å². The Labute approximate surface area is 189 Å². The highest BCUT2D eigenvalue weighted by Crippen LogP contribution is 2.41. The number of carbonyl (C=O) groups excluding carboxylic acids is 2. The second-order valence-electron chi connectivity index (χ2n) is 8.49. The number of thiazole rings is 1. The lowest BCUT2D eigenvalue weighted by atomic mass is 10.0. The number of nitrogens with one attached hydrogen (secondary N) is 1. The molecule has 3 aromatic rings. The third-order valence-corrected chi connectivity index (χ3v) is 6.49. The average Bonchev–Trinajstić information content (AvgIpc) is 3.48. The van der Waals surface area contributed by atoms with Crippen molar-refractivity contribution in [1.82, 2.24) is 9.88 Å². The first-order valence-electron chi connectivity index (χ1n) is 10.4. The van der Waals surface area contributed by atoms with Crippen molar-refractivity contribution in [3.8, 4) is 11.5 Å². The smallest absolute Gasteiger partial charge is 0.260 e. The van der Waals surface area contributed by atoms with Crippen LogP contribution in [-0.2, 0) is 24.2 Å². The molecule has 5 rings (SSSR count). The van der Waals surface area contributed by atoms with E-state index >= 15 is 0 Å². The zero-order chi connectivity index (χ0) is 22.3. The maximum absolute atomic E-state index is 12.8. The molecule has 0 atom stereocenters. The summed E-state index contributed by atoms with van der Waals surface area (Å²) in [6.45, 7) is 5.03. The van der Waals surface area contributed by atoms with Gasteiger partial charge < -0.3 is 18.8 Å². The van der Waals surface area contributed by atoms with E-state index in [4.69, 9.17) is 13.9 Å². The predicted molar refractivity (Wildman–Crippen MR) is 118 cm³/mol. The second-order valence-corrected chi connectivity index (χ2v) is 9.58. The summed E-state index contributed by atoms with van der Waals surface area (Å²) in [6, 6.07) is 7.38. The third kappa shape index (κ3) is 4.08. The van der Waals surface area contributed by atoms with Gasteiger partial charge in [0.2, 0.25) is 0 Å². The highest BCUT2D eigenvalue weighted by molar-refractivity contribution is 7.15. The molecule has 0 radical (unpaired) electrons. The van der Waals surface area contributed by atoms with Gasteiger partial charge in [-0.3, -0.25) is 14.9 Å². The number of benzene rings is 1. The van der Waals surface area contributed by atoms with Gasteiger partial charge in [-0.05, 0) is 26.0 Å². The Morgan fingerprint density at radius 3 is 3.00 bits per heavy atom. The van der Waals surface area contributed by atoms with Crippen LogP contribution < -0.4 is 14.8 Å². The fourth-order valence-corrected chi connectivity index (χ4v) is 4.98. The Morgan fingerprint density at radius 1 is 1.31 bits per heavy atom. The van der Waals surface area contributed by atoms with Gasteiger partial charge in [0, 0.05) is 29.8 Å². The minimum Gasteiger partial charge on any atom is -0.483 e. The lowest BCUT2D eigenvalue weighted by molar-refractivity contribution is -0.134. The number of carbonyl (C=O) groups is 2. The van der Waals surface area contributed by atoms with Crippen LogP contribution in [0.3, 0.4) is 0 Å². The van der Waals surface area contributed by atoms with E-state index in [2.05, 4.69) is 10.3 Å². The van der Waals surface area contributed by atoms with Gasteiger partial charge in [0.1, 0.15) is 11.9 Å². The Hall–Kier alpha value is -3.33. The van der Waals surface area contributed by atoms with Gasteiger partial charge in [0.25, 0.3) is 11.8 Å². The van der Waals surface area contributed by atoms with Crippen LogP contribution in [0.25, 0.3) is 0 Å². The minimum atomic E-state index is -0.272. The number of anilines is 1. The molecule has 2 aliphatic heterocycles. The summed E-state index contributed by atoms with van der Waals surface area (Å²) in [7, 11) is 0. The number of ether oxygens (including phenoxy) is 2. The number of nitrogens with zero attached hydrogens (tertiary/aromatic N) is 2. The van der Waals surface area contributed by atoms with Crippen molar-refractivity contribution in [1.29, 1.82) is 0 Å². The average molecular weight is 454 g/mol. The molecule has 0 unspecified atom stereocenters. The molecule has 4 heterocycles. The summed E-state index contributed by atoms with van der Waals surface area (Å²) in [4.78, 5) is 32.3. The van der Waals surface area contributed by atoms with Crippen molar-refractivity contribution in [2.45, 2.75) is 38.8 Å². The van der Waals surface area contributed by atoms with E-state index in [9.17, 15) is 9.59 Å². The molecule has 0 aliphatic carbocycles. The topological polar surface area (TPSA) is 93.9 Å². The quantitative estimate of drug-likeness (QED) is 0.634. The molecule has 8 nitrogen and oxygen atoms in total. The highest BCUT2D eigenvalue weighted by atomic mass is 32.1. The predicted octanol–water partition coefficient (Wildman–Crippen LogP) is 3.67. The first-order chi connectivity index (χ1) is 15.4. The van der Waals surface area contributed by atoms with Crippen LogP contribution in [-0.4, -0.2) is 40.5 Å². The minimum absolute atomic E-state index is 0.0571. The van der Waals surface area contributed by atoms with Crippen LogP contribution in [0.5, 0.6) is 11.5 Å². The number of furan rings is 1. The maximum atomic E-state index is 12.8. The zero-order valence-electron chi connectivity index (χ0n) is 17.8. The summed E-state index contributed by atoms with van der Waals surface area (Å²) in [5.74, 6) is 0.961. The number of rotatable bonds is 5.